The monoisotopic (exact) mass is 283 g/mol. The molecule has 0 fully saturated rings. The van der Waals surface area contributed by atoms with Crippen LogP contribution in [0.15, 0.2) is 24.8 Å². The SMILES string of the molecule is c1[nH]nnc1[B-](c1c[nH]nn1)(c1c[nH]nn1)c1c[nH]nn1. The molecule has 4 heterocycles. The molecule has 0 saturated heterocycles. The van der Waals surface area contributed by atoms with Gasteiger partial charge in [-0.1, -0.05) is 43.2 Å². The summed E-state index contributed by atoms with van der Waals surface area (Å²) in [6.45, 7) is 0. The van der Waals surface area contributed by atoms with Crippen LogP contribution in [-0.2, 0) is 0 Å². The predicted molar refractivity (Wildman–Crippen MR) is 69.8 cm³/mol. The van der Waals surface area contributed by atoms with Gasteiger partial charge in [-0.05, 0) is 0 Å². The summed E-state index contributed by atoms with van der Waals surface area (Å²) in [5, 5.41) is 42.5. The minimum atomic E-state index is -1.88. The lowest BCUT2D eigenvalue weighted by molar-refractivity contribution is 0.938. The highest BCUT2D eigenvalue weighted by Crippen LogP contribution is 2.00. The van der Waals surface area contributed by atoms with E-state index in [1.807, 2.05) is 0 Å². The van der Waals surface area contributed by atoms with Crippen LogP contribution in [0.3, 0.4) is 0 Å². The summed E-state index contributed by atoms with van der Waals surface area (Å²) in [5.74, 6) is 0. The van der Waals surface area contributed by atoms with Gasteiger partial charge in [-0.25, -0.2) is 0 Å². The maximum absolute atomic E-state index is 4.13. The predicted octanol–water partition coefficient (Wildman–Crippen LogP) is -4.46. The van der Waals surface area contributed by atoms with Gasteiger partial charge in [0, 0.05) is 24.8 Å². The summed E-state index contributed by atoms with van der Waals surface area (Å²) < 4.78 is 0. The second-order valence-corrected chi connectivity index (χ2v) is 4.46. The number of rotatable bonds is 4. The van der Waals surface area contributed by atoms with E-state index in [1.165, 1.54) is 0 Å². The number of hydrogen-bond donors (Lipinski definition) is 4. The maximum atomic E-state index is 4.13. The van der Waals surface area contributed by atoms with E-state index >= 15 is 0 Å². The minimum Gasteiger partial charge on any atom is -0.269 e. The number of aromatic nitrogens is 12. The molecule has 4 N–H and O–H groups in total. The average Bonchev–Trinajstić information content (AvgIpc) is 3.32. The summed E-state index contributed by atoms with van der Waals surface area (Å²) in [6.07, 6.45) is 4.78. The molecule has 0 saturated carbocycles. The van der Waals surface area contributed by atoms with Crippen molar-refractivity contribution < 1.29 is 0 Å². The summed E-state index contributed by atoms with van der Waals surface area (Å²) in [6, 6.07) is 0. The first kappa shape index (κ1) is 11.5. The molecular weight excluding hydrogens is 275 g/mol. The summed E-state index contributed by atoms with van der Waals surface area (Å²) in [4.78, 5) is 0. The Hall–Kier alpha value is -3.38. The fourth-order valence-electron chi connectivity index (χ4n) is 2.60. The molecule has 0 aliphatic rings. The Bertz CT molecular complexity index is 643. The van der Waals surface area contributed by atoms with Crippen LogP contribution >= 0.6 is 0 Å². The van der Waals surface area contributed by atoms with Gasteiger partial charge in [0.15, 0.2) is 0 Å². The molecule has 0 bridgehead atoms. The fraction of sp³-hybridized carbons (Fsp3) is 0. The summed E-state index contributed by atoms with van der Waals surface area (Å²) >= 11 is 0. The molecule has 0 aromatic carbocycles. The molecule has 0 unspecified atom stereocenters. The molecule has 4 rings (SSSR count). The van der Waals surface area contributed by atoms with Gasteiger partial charge in [-0.2, -0.15) is 20.4 Å². The molecule has 4 aromatic heterocycles. The molecule has 0 radical (unpaired) electrons. The van der Waals surface area contributed by atoms with Crippen LogP contribution in [0.2, 0.25) is 0 Å². The van der Waals surface area contributed by atoms with E-state index in [9.17, 15) is 0 Å². The zero-order valence-electron chi connectivity index (χ0n) is 10.5. The van der Waals surface area contributed by atoms with E-state index in [-0.39, 0.29) is 0 Å². The third-order valence-corrected chi connectivity index (χ3v) is 3.52. The van der Waals surface area contributed by atoms with Crippen molar-refractivity contribution in [2.75, 3.05) is 0 Å². The van der Waals surface area contributed by atoms with Crippen molar-refractivity contribution in [3.05, 3.63) is 24.8 Å². The number of hydrogen-bond acceptors (Lipinski definition) is 8. The molecule has 21 heavy (non-hydrogen) atoms. The average molecular weight is 283 g/mol. The number of aromatic amines is 4. The van der Waals surface area contributed by atoms with Gasteiger partial charge in [-0.3, -0.25) is 20.4 Å². The van der Waals surface area contributed by atoms with Crippen molar-refractivity contribution >= 4 is 28.5 Å². The smallest absolute Gasteiger partial charge is 0.204 e. The van der Waals surface area contributed by atoms with Crippen LogP contribution in [0.4, 0.5) is 0 Å². The van der Waals surface area contributed by atoms with Gasteiger partial charge in [0.2, 0.25) is 6.15 Å². The largest absolute Gasteiger partial charge is 0.269 e. The molecule has 0 atom stereocenters. The third-order valence-electron chi connectivity index (χ3n) is 3.52. The number of nitrogens with one attached hydrogen (secondary N) is 4. The molecule has 0 aliphatic carbocycles. The van der Waals surface area contributed by atoms with Gasteiger partial charge >= 0.3 is 0 Å². The fourth-order valence-corrected chi connectivity index (χ4v) is 2.60. The van der Waals surface area contributed by atoms with Gasteiger partial charge in [0.25, 0.3) is 0 Å². The lowest BCUT2D eigenvalue weighted by atomic mass is 9.18. The van der Waals surface area contributed by atoms with Crippen molar-refractivity contribution in [3.63, 3.8) is 0 Å². The second-order valence-electron chi connectivity index (χ2n) is 4.46. The topological polar surface area (TPSA) is 166 Å². The van der Waals surface area contributed by atoms with Gasteiger partial charge in [0.1, 0.15) is 0 Å². The van der Waals surface area contributed by atoms with Crippen LogP contribution in [0.1, 0.15) is 0 Å². The van der Waals surface area contributed by atoms with Crippen molar-refractivity contribution in [1.29, 1.82) is 0 Å². The Morgan fingerprint density at radius 1 is 0.524 bits per heavy atom. The van der Waals surface area contributed by atoms with Gasteiger partial charge < -0.3 is 0 Å². The van der Waals surface area contributed by atoms with E-state index in [0.29, 0.717) is 22.4 Å². The van der Waals surface area contributed by atoms with Crippen LogP contribution in [0, 0.1) is 0 Å². The minimum absolute atomic E-state index is 0.603. The zero-order chi connectivity index (χ0) is 14.1. The van der Waals surface area contributed by atoms with E-state index in [1.54, 1.807) is 24.8 Å². The highest BCUT2D eigenvalue weighted by molar-refractivity contribution is 7.18. The Kier molecular flexibility index (Phi) is 2.36. The van der Waals surface area contributed by atoms with E-state index in [0.717, 1.165) is 0 Å². The molecule has 4 aromatic rings. The Morgan fingerprint density at radius 3 is 1.00 bits per heavy atom. The first-order chi connectivity index (χ1) is 10.4. The van der Waals surface area contributed by atoms with Crippen molar-refractivity contribution in [2.24, 2.45) is 0 Å². The Balaban J connectivity index is 2.10. The highest BCUT2D eigenvalue weighted by Gasteiger charge is 2.41. The third kappa shape index (κ3) is 1.50. The van der Waals surface area contributed by atoms with Crippen LogP contribution in [-0.4, -0.2) is 67.8 Å². The Morgan fingerprint density at radius 2 is 0.810 bits per heavy atom. The molecule has 0 amide bonds. The highest BCUT2D eigenvalue weighted by atomic mass is 15.4. The zero-order valence-corrected chi connectivity index (χ0v) is 10.5. The van der Waals surface area contributed by atoms with E-state index in [4.69, 9.17) is 0 Å². The van der Waals surface area contributed by atoms with Crippen molar-refractivity contribution in [3.8, 4) is 0 Å². The van der Waals surface area contributed by atoms with Gasteiger partial charge in [-0.15, -0.1) is 0 Å². The van der Waals surface area contributed by atoms with Crippen LogP contribution in [0.25, 0.3) is 0 Å². The lowest BCUT2D eigenvalue weighted by Gasteiger charge is -2.31. The molecular formula is C8H8BN12-. The van der Waals surface area contributed by atoms with Gasteiger partial charge in [0.05, 0.1) is 0 Å². The molecule has 13 heteroatoms. The standard InChI is InChI=1S/C8H8BN12/c1-5(14-18-10-1)9(6-2-11-19-15-6,7-3-12-20-16-7)8-4-13-21-17-8/h1-4H,(H,10,14,18)(H,11,15,19)(H,12,16,20)(H,13,17,21)/q-1. The molecule has 12 nitrogen and oxygen atoms in total. The molecule has 104 valence electrons. The Labute approximate surface area is 116 Å². The number of H-pyrrole nitrogens is 4. The normalized spacial score (nSPS) is 11.8. The first-order valence-electron chi connectivity index (χ1n) is 6.05. The number of nitrogens with zero attached hydrogens (tertiary/aromatic N) is 8. The van der Waals surface area contributed by atoms with Crippen molar-refractivity contribution in [2.45, 2.75) is 0 Å². The molecule has 0 aliphatic heterocycles. The van der Waals surface area contributed by atoms with Crippen LogP contribution < -0.4 is 22.4 Å². The summed E-state index contributed by atoms with van der Waals surface area (Å²) in [7, 11) is 0. The summed E-state index contributed by atoms with van der Waals surface area (Å²) in [5.41, 5.74) is 2.41. The van der Waals surface area contributed by atoms with E-state index in [2.05, 4.69) is 61.6 Å². The quantitative estimate of drug-likeness (QED) is 0.272. The molecule has 0 spiro atoms. The second kappa shape index (κ2) is 4.33. The van der Waals surface area contributed by atoms with Crippen LogP contribution in [0.5, 0.6) is 0 Å². The first-order valence-corrected chi connectivity index (χ1v) is 6.05. The maximum Gasteiger partial charge on any atom is 0.204 e. The lowest BCUT2D eigenvalue weighted by Crippen LogP contribution is -2.76. The van der Waals surface area contributed by atoms with E-state index < -0.39 is 6.15 Å². The van der Waals surface area contributed by atoms with Crippen molar-refractivity contribution in [1.82, 2.24) is 61.6 Å².